The summed E-state index contributed by atoms with van der Waals surface area (Å²) in [4.78, 5) is 65.5. The molecule has 0 aromatic heterocycles. The number of non-ortho nitro benzene ring substituents is 1. The molecular weight excluding hydrogens is 578 g/mol. The fourth-order valence-corrected chi connectivity index (χ4v) is 4.99. The molecular formula is C31H30F2N4O7. The number of nitro groups is 1. The summed E-state index contributed by atoms with van der Waals surface area (Å²) in [6.07, 6.45) is -2.32. The Hall–Kier alpha value is -5.20. The number of hydrogen-bond donors (Lipinski definition) is 2. The summed E-state index contributed by atoms with van der Waals surface area (Å²) in [5.41, 5.74) is 0.324. The summed E-state index contributed by atoms with van der Waals surface area (Å²) >= 11 is 0. The monoisotopic (exact) mass is 608 g/mol. The molecule has 1 aliphatic heterocycles. The van der Waals surface area contributed by atoms with Gasteiger partial charge >= 0.3 is 5.97 Å². The normalized spacial score (nSPS) is 15.5. The number of carboxylic acids is 1. The van der Waals surface area contributed by atoms with E-state index >= 15 is 0 Å². The standard InChI is InChI=1S/C31H30F2N4O7/c1-31(2,3)21-9-7-18(8-10-21)29(41)35-11-12-36(30(42)20-13-22(32)16-23(33)14-20)28(35)27(40)34-25(17-26(38)39)19-5-4-6-24(15-19)37(43)44/h4-10,13-16,25,28H,11-12,17H2,1-3H3,(H,34,40)(H,38,39). The van der Waals surface area contributed by atoms with Crippen molar-refractivity contribution in [3.8, 4) is 0 Å². The highest BCUT2D eigenvalue weighted by molar-refractivity contribution is 6.02. The van der Waals surface area contributed by atoms with Crippen LogP contribution in [0.15, 0.2) is 66.7 Å². The number of rotatable bonds is 8. The Morgan fingerprint density at radius 2 is 1.50 bits per heavy atom. The average molecular weight is 609 g/mol. The molecule has 3 aromatic carbocycles. The maximum atomic E-state index is 14.0. The van der Waals surface area contributed by atoms with Crippen LogP contribution in [0.25, 0.3) is 0 Å². The fraction of sp³-hybridized carbons (Fsp3) is 0.290. The average Bonchev–Trinajstić information content (AvgIpc) is 3.40. The molecule has 3 aromatic rings. The van der Waals surface area contributed by atoms with Crippen molar-refractivity contribution in [2.75, 3.05) is 13.1 Å². The Morgan fingerprint density at radius 1 is 0.932 bits per heavy atom. The highest BCUT2D eigenvalue weighted by Crippen LogP contribution is 2.27. The van der Waals surface area contributed by atoms with E-state index in [1.165, 1.54) is 18.2 Å². The number of nitro benzene ring substituents is 1. The molecule has 13 heteroatoms. The number of aliphatic carboxylic acids is 1. The molecule has 230 valence electrons. The smallest absolute Gasteiger partial charge is 0.305 e. The van der Waals surface area contributed by atoms with Crippen molar-refractivity contribution in [1.82, 2.24) is 15.1 Å². The van der Waals surface area contributed by atoms with Gasteiger partial charge in [0.25, 0.3) is 23.4 Å². The van der Waals surface area contributed by atoms with Crippen LogP contribution in [0.2, 0.25) is 0 Å². The highest BCUT2D eigenvalue weighted by atomic mass is 19.1. The Balaban J connectivity index is 1.72. The highest BCUT2D eigenvalue weighted by Gasteiger charge is 2.44. The fourth-order valence-electron chi connectivity index (χ4n) is 4.99. The summed E-state index contributed by atoms with van der Waals surface area (Å²) in [6, 6.07) is 12.6. The topological polar surface area (TPSA) is 150 Å². The number of nitrogens with one attached hydrogen (secondary N) is 1. The van der Waals surface area contributed by atoms with Crippen LogP contribution >= 0.6 is 0 Å². The minimum atomic E-state index is -1.64. The van der Waals surface area contributed by atoms with E-state index in [1.807, 2.05) is 20.8 Å². The van der Waals surface area contributed by atoms with E-state index in [9.17, 15) is 43.2 Å². The molecule has 3 amide bonds. The quantitative estimate of drug-likeness (QED) is 0.284. The molecule has 1 saturated heterocycles. The predicted octanol–water partition coefficient (Wildman–Crippen LogP) is 4.43. The lowest BCUT2D eigenvalue weighted by molar-refractivity contribution is -0.384. The molecule has 4 rings (SSSR count). The number of carbonyl (C=O) groups is 4. The maximum absolute atomic E-state index is 14.0. The lowest BCUT2D eigenvalue weighted by Crippen LogP contribution is -2.54. The second-order valence-corrected chi connectivity index (χ2v) is 11.4. The van der Waals surface area contributed by atoms with E-state index in [2.05, 4.69) is 5.32 Å². The Labute approximate surface area is 251 Å². The number of carbonyl (C=O) groups excluding carboxylic acids is 3. The first kappa shape index (κ1) is 31.7. The van der Waals surface area contributed by atoms with Gasteiger partial charge in [-0.25, -0.2) is 8.78 Å². The van der Waals surface area contributed by atoms with Gasteiger partial charge in [-0.15, -0.1) is 0 Å². The summed E-state index contributed by atoms with van der Waals surface area (Å²) in [5.74, 6) is -5.89. The molecule has 0 bridgehead atoms. The van der Waals surface area contributed by atoms with E-state index in [4.69, 9.17) is 0 Å². The number of nitrogens with zero attached hydrogens (tertiary/aromatic N) is 3. The van der Waals surface area contributed by atoms with Crippen LogP contribution in [0.3, 0.4) is 0 Å². The van der Waals surface area contributed by atoms with Crippen molar-refractivity contribution in [3.05, 3.63) is 111 Å². The van der Waals surface area contributed by atoms with Crippen molar-refractivity contribution in [1.29, 1.82) is 0 Å². The zero-order valence-electron chi connectivity index (χ0n) is 24.1. The van der Waals surface area contributed by atoms with Crippen LogP contribution in [-0.4, -0.2) is 62.8 Å². The van der Waals surface area contributed by atoms with Crippen LogP contribution < -0.4 is 5.32 Å². The van der Waals surface area contributed by atoms with Gasteiger partial charge in [-0.3, -0.25) is 29.3 Å². The van der Waals surface area contributed by atoms with Gasteiger partial charge in [0.15, 0.2) is 6.17 Å². The Kier molecular flexibility index (Phi) is 9.07. The van der Waals surface area contributed by atoms with Gasteiger partial charge in [0.05, 0.1) is 17.4 Å². The second-order valence-electron chi connectivity index (χ2n) is 11.4. The molecule has 0 aliphatic carbocycles. The Bertz CT molecular complexity index is 1600. The number of hydrogen-bond acceptors (Lipinski definition) is 6. The van der Waals surface area contributed by atoms with Gasteiger partial charge in [0.2, 0.25) is 0 Å². The molecule has 0 saturated carbocycles. The maximum Gasteiger partial charge on any atom is 0.305 e. The minimum absolute atomic E-state index is 0.105. The molecule has 0 radical (unpaired) electrons. The molecule has 1 aliphatic rings. The van der Waals surface area contributed by atoms with E-state index in [1.54, 1.807) is 24.3 Å². The molecule has 1 fully saturated rings. The number of halogens is 2. The van der Waals surface area contributed by atoms with E-state index in [-0.39, 0.29) is 35.3 Å². The van der Waals surface area contributed by atoms with E-state index in [0.29, 0.717) is 6.07 Å². The van der Waals surface area contributed by atoms with Crippen molar-refractivity contribution < 1.29 is 38.0 Å². The summed E-state index contributed by atoms with van der Waals surface area (Å²) in [6.45, 7) is 5.69. The molecule has 44 heavy (non-hydrogen) atoms. The zero-order valence-corrected chi connectivity index (χ0v) is 24.1. The summed E-state index contributed by atoms with van der Waals surface area (Å²) in [5, 5.41) is 23.4. The lowest BCUT2D eigenvalue weighted by atomic mass is 9.86. The van der Waals surface area contributed by atoms with Gasteiger partial charge in [0.1, 0.15) is 11.6 Å². The van der Waals surface area contributed by atoms with Crippen LogP contribution in [-0.2, 0) is 15.0 Å². The van der Waals surface area contributed by atoms with Crippen LogP contribution in [0.1, 0.15) is 65.1 Å². The van der Waals surface area contributed by atoms with Gasteiger partial charge < -0.3 is 20.2 Å². The van der Waals surface area contributed by atoms with Crippen molar-refractivity contribution >= 4 is 29.4 Å². The first-order valence-corrected chi connectivity index (χ1v) is 13.6. The van der Waals surface area contributed by atoms with Gasteiger partial charge in [-0.05, 0) is 40.8 Å². The van der Waals surface area contributed by atoms with Crippen molar-refractivity contribution in [2.24, 2.45) is 0 Å². The van der Waals surface area contributed by atoms with Gasteiger partial charge in [-0.1, -0.05) is 45.0 Å². The largest absolute Gasteiger partial charge is 0.481 e. The third-order valence-corrected chi connectivity index (χ3v) is 7.21. The third-order valence-electron chi connectivity index (χ3n) is 7.21. The van der Waals surface area contributed by atoms with E-state index in [0.717, 1.165) is 33.6 Å². The first-order valence-electron chi connectivity index (χ1n) is 13.6. The van der Waals surface area contributed by atoms with Crippen LogP contribution in [0.5, 0.6) is 0 Å². The molecule has 0 spiro atoms. The van der Waals surface area contributed by atoms with Crippen molar-refractivity contribution in [2.45, 2.75) is 44.8 Å². The number of amides is 3. The van der Waals surface area contributed by atoms with Crippen LogP contribution in [0, 0.1) is 21.7 Å². The predicted molar refractivity (Wildman–Crippen MR) is 154 cm³/mol. The number of benzene rings is 3. The van der Waals surface area contributed by atoms with Crippen LogP contribution in [0.4, 0.5) is 14.5 Å². The Morgan fingerprint density at radius 3 is 2.02 bits per heavy atom. The van der Waals surface area contributed by atoms with Gasteiger partial charge in [0, 0.05) is 42.4 Å². The summed E-state index contributed by atoms with van der Waals surface area (Å²) < 4.78 is 28.0. The van der Waals surface area contributed by atoms with E-state index < -0.39 is 64.4 Å². The molecule has 11 nitrogen and oxygen atoms in total. The second kappa shape index (κ2) is 12.6. The molecule has 1 heterocycles. The third kappa shape index (κ3) is 7.05. The molecule has 2 N–H and O–H groups in total. The SMILES string of the molecule is CC(C)(C)c1ccc(C(=O)N2CCN(C(=O)c3cc(F)cc(F)c3)C2C(=O)NC(CC(=O)O)c2cccc([N+](=O)[O-])c2)cc1. The number of carboxylic acid groups (broad SMARTS) is 1. The first-order chi connectivity index (χ1) is 20.6. The lowest BCUT2D eigenvalue weighted by Gasteiger charge is -2.31. The molecule has 2 atom stereocenters. The summed E-state index contributed by atoms with van der Waals surface area (Å²) in [7, 11) is 0. The zero-order chi connectivity index (χ0) is 32.3. The molecule has 2 unspecified atom stereocenters. The minimum Gasteiger partial charge on any atom is -0.481 e. The van der Waals surface area contributed by atoms with Gasteiger partial charge in [-0.2, -0.15) is 0 Å². The van der Waals surface area contributed by atoms with Crippen molar-refractivity contribution in [3.63, 3.8) is 0 Å².